The largest absolute Gasteiger partial charge is 0.494 e. The summed E-state index contributed by atoms with van der Waals surface area (Å²) in [4.78, 5) is 10.6. The first-order valence-electron chi connectivity index (χ1n) is 5.46. The Morgan fingerprint density at radius 2 is 2.29 bits per heavy atom. The molecule has 1 rings (SSSR count). The lowest BCUT2D eigenvalue weighted by atomic mass is 10.2. The highest BCUT2D eigenvalue weighted by atomic mass is 19.1. The van der Waals surface area contributed by atoms with Crippen LogP contribution in [-0.4, -0.2) is 19.1 Å². The van der Waals surface area contributed by atoms with Crippen molar-refractivity contribution in [1.82, 2.24) is 5.32 Å². The van der Waals surface area contributed by atoms with Crippen LogP contribution in [-0.2, 0) is 4.79 Å². The molecule has 0 saturated carbocycles. The van der Waals surface area contributed by atoms with Gasteiger partial charge in [0.1, 0.15) is 11.6 Å². The van der Waals surface area contributed by atoms with Gasteiger partial charge in [-0.1, -0.05) is 12.2 Å². The molecule has 4 heteroatoms. The number of nitrogens with one attached hydrogen (secondary N) is 1. The first kappa shape index (κ1) is 13.2. The van der Waals surface area contributed by atoms with Crippen LogP contribution in [0.3, 0.4) is 0 Å². The second kappa shape index (κ2) is 6.68. The Morgan fingerprint density at radius 3 is 2.88 bits per heavy atom. The Bertz CT molecular complexity index is 416. The lowest BCUT2D eigenvalue weighted by Gasteiger charge is -2.04. The van der Waals surface area contributed by atoms with Crippen LogP contribution in [0.2, 0.25) is 0 Å². The minimum atomic E-state index is -0.338. The molecule has 0 aliphatic carbocycles. The van der Waals surface area contributed by atoms with E-state index >= 15 is 0 Å². The van der Waals surface area contributed by atoms with Crippen molar-refractivity contribution in [3.63, 3.8) is 0 Å². The molecule has 1 N–H and O–H groups in total. The molecule has 1 amide bonds. The number of ether oxygens (including phenoxy) is 1. The molecule has 1 aromatic rings. The summed E-state index contributed by atoms with van der Waals surface area (Å²) in [6.07, 6.45) is 3.32. The molecule has 0 heterocycles. The molecule has 1 aromatic carbocycles. The Labute approximate surface area is 100 Å². The smallest absolute Gasteiger partial charge is 0.217 e. The minimum absolute atomic E-state index is 0.109. The van der Waals surface area contributed by atoms with E-state index in [2.05, 4.69) is 5.32 Å². The average Bonchev–Trinajstić information content (AvgIpc) is 2.27. The fourth-order valence-corrected chi connectivity index (χ4v) is 1.29. The number of hydrogen-bond acceptors (Lipinski definition) is 2. The third-order valence-electron chi connectivity index (χ3n) is 2.05. The van der Waals surface area contributed by atoms with E-state index in [-0.39, 0.29) is 11.7 Å². The van der Waals surface area contributed by atoms with E-state index in [9.17, 15) is 9.18 Å². The summed E-state index contributed by atoms with van der Waals surface area (Å²) in [6, 6.07) is 4.71. The quantitative estimate of drug-likeness (QED) is 0.853. The normalized spacial score (nSPS) is 10.5. The maximum Gasteiger partial charge on any atom is 0.217 e. The van der Waals surface area contributed by atoms with Crippen LogP contribution in [0.15, 0.2) is 24.3 Å². The first-order chi connectivity index (χ1) is 8.13. The van der Waals surface area contributed by atoms with Gasteiger partial charge in [-0.3, -0.25) is 4.79 Å². The molecule has 17 heavy (non-hydrogen) atoms. The molecule has 0 unspecified atom stereocenters. The van der Waals surface area contributed by atoms with Crippen molar-refractivity contribution in [2.24, 2.45) is 0 Å². The van der Waals surface area contributed by atoms with Crippen molar-refractivity contribution >= 4 is 12.0 Å². The zero-order valence-corrected chi connectivity index (χ0v) is 10.00. The van der Waals surface area contributed by atoms with Gasteiger partial charge < -0.3 is 10.1 Å². The number of benzene rings is 1. The fourth-order valence-electron chi connectivity index (χ4n) is 1.29. The highest BCUT2D eigenvalue weighted by Gasteiger charge is 2.00. The average molecular weight is 237 g/mol. The first-order valence-corrected chi connectivity index (χ1v) is 5.46. The summed E-state index contributed by atoms with van der Waals surface area (Å²) < 4.78 is 18.7. The van der Waals surface area contributed by atoms with Gasteiger partial charge in [0.25, 0.3) is 0 Å². The van der Waals surface area contributed by atoms with Gasteiger partial charge in [-0.15, -0.1) is 0 Å². The highest BCUT2D eigenvalue weighted by molar-refractivity contribution is 5.73. The van der Waals surface area contributed by atoms with Crippen LogP contribution in [0.1, 0.15) is 19.4 Å². The van der Waals surface area contributed by atoms with Gasteiger partial charge in [-0.2, -0.15) is 0 Å². The van der Waals surface area contributed by atoms with Gasteiger partial charge in [-0.05, 0) is 19.1 Å². The monoisotopic (exact) mass is 237 g/mol. The molecule has 0 saturated heterocycles. The highest BCUT2D eigenvalue weighted by Crippen LogP contribution is 2.17. The lowest BCUT2D eigenvalue weighted by Crippen LogP contribution is -2.19. The number of carbonyl (C=O) groups excluding carboxylic acids is 1. The van der Waals surface area contributed by atoms with Crippen LogP contribution in [0, 0.1) is 5.82 Å². The van der Waals surface area contributed by atoms with E-state index in [1.807, 2.05) is 6.92 Å². The maximum atomic E-state index is 13.5. The van der Waals surface area contributed by atoms with Crippen molar-refractivity contribution in [3.05, 3.63) is 35.7 Å². The second-order valence-corrected chi connectivity index (χ2v) is 3.46. The van der Waals surface area contributed by atoms with E-state index < -0.39 is 0 Å². The van der Waals surface area contributed by atoms with E-state index in [0.717, 1.165) is 0 Å². The molecular weight excluding hydrogens is 221 g/mol. The number of carbonyl (C=O) groups is 1. The van der Waals surface area contributed by atoms with Crippen LogP contribution >= 0.6 is 0 Å². The zero-order valence-electron chi connectivity index (χ0n) is 10.00. The van der Waals surface area contributed by atoms with Gasteiger partial charge in [0.15, 0.2) is 0 Å². The van der Waals surface area contributed by atoms with Crippen molar-refractivity contribution < 1.29 is 13.9 Å². The van der Waals surface area contributed by atoms with E-state index in [1.165, 1.54) is 13.0 Å². The van der Waals surface area contributed by atoms with E-state index in [0.29, 0.717) is 24.5 Å². The van der Waals surface area contributed by atoms with E-state index in [4.69, 9.17) is 4.74 Å². The van der Waals surface area contributed by atoms with Crippen LogP contribution in [0.5, 0.6) is 5.75 Å². The number of hydrogen-bond donors (Lipinski definition) is 1. The molecule has 92 valence electrons. The molecular formula is C13H16FNO2. The Hall–Kier alpha value is -1.84. The van der Waals surface area contributed by atoms with Gasteiger partial charge in [-0.25, -0.2) is 4.39 Å². The van der Waals surface area contributed by atoms with Gasteiger partial charge in [0.05, 0.1) is 6.61 Å². The van der Waals surface area contributed by atoms with Gasteiger partial charge >= 0.3 is 0 Å². The Kier molecular flexibility index (Phi) is 5.20. The van der Waals surface area contributed by atoms with Crippen molar-refractivity contribution in [1.29, 1.82) is 0 Å². The molecule has 0 atom stereocenters. The minimum Gasteiger partial charge on any atom is -0.494 e. The third kappa shape index (κ3) is 4.68. The molecule has 3 nitrogen and oxygen atoms in total. The summed E-state index contributed by atoms with van der Waals surface area (Å²) in [6.45, 7) is 4.18. The molecule has 0 aliphatic heterocycles. The maximum absolute atomic E-state index is 13.5. The lowest BCUT2D eigenvalue weighted by molar-refractivity contribution is -0.118. The summed E-state index contributed by atoms with van der Waals surface area (Å²) >= 11 is 0. The zero-order chi connectivity index (χ0) is 12.7. The second-order valence-electron chi connectivity index (χ2n) is 3.46. The third-order valence-corrected chi connectivity index (χ3v) is 2.05. The molecule has 0 aromatic heterocycles. The van der Waals surface area contributed by atoms with E-state index in [1.54, 1.807) is 24.3 Å². The predicted octanol–water partition coefficient (Wildman–Crippen LogP) is 2.37. The number of rotatable bonds is 5. The van der Waals surface area contributed by atoms with Crippen molar-refractivity contribution in [2.45, 2.75) is 13.8 Å². The van der Waals surface area contributed by atoms with Crippen molar-refractivity contribution in [3.8, 4) is 5.75 Å². The van der Waals surface area contributed by atoms with Crippen LogP contribution in [0.4, 0.5) is 4.39 Å². The summed E-state index contributed by atoms with van der Waals surface area (Å²) in [7, 11) is 0. The molecule has 0 bridgehead atoms. The molecule has 0 aliphatic rings. The van der Waals surface area contributed by atoms with Gasteiger partial charge in [0, 0.05) is 25.1 Å². The van der Waals surface area contributed by atoms with Crippen LogP contribution in [0.25, 0.3) is 6.08 Å². The number of halogens is 1. The Morgan fingerprint density at radius 1 is 1.53 bits per heavy atom. The summed E-state index contributed by atoms with van der Waals surface area (Å²) in [5, 5.41) is 2.59. The molecule has 0 radical (unpaired) electrons. The topological polar surface area (TPSA) is 38.3 Å². The van der Waals surface area contributed by atoms with Crippen LogP contribution < -0.4 is 10.1 Å². The predicted molar refractivity (Wildman–Crippen MR) is 65.3 cm³/mol. The number of amides is 1. The standard InChI is InChI=1S/C13H16FNO2/c1-3-17-12-7-6-11(13(14)9-12)5-4-8-15-10(2)16/h4-7,9H,3,8H2,1-2H3,(H,15,16). The van der Waals surface area contributed by atoms with Gasteiger partial charge in [0.2, 0.25) is 5.91 Å². The van der Waals surface area contributed by atoms with Crippen molar-refractivity contribution in [2.75, 3.05) is 13.2 Å². The summed E-state index contributed by atoms with van der Waals surface area (Å²) in [5.74, 6) is 0.0702. The fraction of sp³-hybridized carbons (Fsp3) is 0.308. The molecule has 0 fully saturated rings. The Balaban J connectivity index is 2.62. The summed E-state index contributed by atoms with van der Waals surface area (Å²) in [5.41, 5.74) is 0.471. The SMILES string of the molecule is CCOc1ccc(C=CCNC(C)=O)c(F)c1. The molecule has 0 spiro atoms.